The topological polar surface area (TPSA) is 20.2 Å². The zero-order valence-electron chi connectivity index (χ0n) is 9.20. The SMILES string of the molecule is Cc1cccc(C(O)c2sccc2Br)c1C. The number of aliphatic hydroxyl groups is 1. The van der Waals surface area contributed by atoms with Crippen LogP contribution in [0.5, 0.6) is 0 Å². The average molecular weight is 297 g/mol. The van der Waals surface area contributed by atoms with Crippen molar-refractivity contribution in [1.82, 2.24) is 0 Å². The number of hydrogen-bond donors (Lipinski definition) is 1. The first-order chi connectivity index (χ1) is 7.61. The van der Waals surface area contributed by atoms with E-state index in [2.05, 4.69) is 35.8 Å². The molecule has 0 saturated carbocycles. The molecule has 1 aromatic heterocycles. The van der Waals surface area contributed by atoms with Crippen molar-refractivity contribution in [1.29, 1.82) is 0 Å². The highest BCUT2D eigenvalue weighted by molar-refractivity contribution is 9.10. The minimum atomic E-state index is -0.533. The molecular weight excluding hydrogens is 284 g/mol. The number of aliphatic hydroxyl groups excluding tert-OH is 1. The van der Waals surface area contributed by atoms with E-state index in [1.165, 1.54) is 5.56 Å². The molecule has 0 radical (unpaired) electrons. The minimum absolute atomic E-state index is 0.533. The number of benzene rings is 1. The van der Waals surface area contributed by atoms with Gasteiger partial charge in [0.15, 0.2) is 0 Å². The fourth-order valence-corrected chi connectivity index (χ4v) is 3.30. The first kappa shape index (κ1) is 11.8. The summed E-state index contributed by atoms with van der Waals surface area (Å²) in [7, 11) is 0. The standard InChI is InChI=1S/C13H13BrOS/c1-8-4-3-5-10(9(8)2)12(15)13-11(14)6-7-16-13/h3-7,12,15H,1-2H3. The molecule has 1 unspecified atom stereocenters. The summed E-state index contributed by atoms with van der Waals surface area (Å²) in [6, 6.07) is 8.00. The van der Waals surface area contributed by atoms with Gasteiger partial charge in [0.1, 0.15) is 6.10 Å². The highest BCUT2D eigenvalue weighted by Crippen LogP contribution is 2.34. The summed E-state index contributed by atoms with van der Waals surface area (Å²) in [5.41, 5.74) is 3.36. The van der Waals surface area contributed by atoms with Gasteiger partial charge in [-0.2, -0.15) is 0 Å². The average Bonchev–Trinajstić information content (AvgIpc) is 2.68. The Hall–Kier alpha value is -0.640. The molecule has 0 aliphatic carbocycles. The Labute approximate surface area is 108 Å². The van der Waals surface area contributed by atoms with Gasteiger partial charge in [0.05, 0.1) is 4.88 Å². The summed E-state index contributed by atoms with van der Waals surface area (Å²) in [4.78, 5) is 0.966. The van der Waals surface area contributed by atoms with E-state index in [1.54, 1.807) is 11.3 Å². The molecule has 0 spiro atoms. The molecular formula is C13H13BrOS. The Morgan fingerprint density at radius 3 is 2.62 bits per heavy atom. The Morgan fingerprint density at radius 1 is 1.25 bits per heavy atom. The molecule has 16 heavy (non-hydrogen) atoms. The van der Waals surface area contributed by atoms with Crippen molar-refractivity contribution < 1.29 is 5.11 Å². The van der Waals surface area contributed by atoms with Crippen LogP contribution in [-0.4, -0.2) is 5.11 Å². The Bertz CT molecular complexity index is 504. The van der Waals surface area contributed by atoms with Crippen molar-refractivity contribution in [3.8, 4) is 0 Å². The van der Waals surface area contributed by atoms with Crippen LogP contribution in [0.4, 0.5) is 0 Å². The predicted octanol–water partition coefficient (Wildman–Crippen LogP) is 4.21. The van der Waals surface area contributed by atoms with Gasteiger partial charge in [0.2, 0.25) is 0 Å². The molecule has 3 heteroatoms. The molecule has 0 fully saturated rings. The quantitative estimate of drug-likeness (QED) is 0.880. The van der Waals surface area contributed by atoms with Crippen LogP contribution in [0.25, 0.3) is 0 Å². The van der Waals surface area contributed by atoms with Crippen molar-refractivity contribution >= 4 is 27.3 Å². The third-order valence-corrected chi connectivity index (χ3v) is 4.76. The molecule has 1 atom stereocenters. The van der Waals surface area contributed by atoms with E-state index in [9.17, 15) is 5.11 Å². The lowest BCUT2D eigenvalue weighted by Crippen LogP contribution is -2.01. The fraction of sp³-hybridized carbons (Fsp3) is 0.231. The smallest absolute Gasteiger partial charge is 0.115 e. The zero-order valence-corrected chi connectivity index (χ0v) is 11.6. The highest BCUT2D eigenvalue weighted by atomic mass is 79.9. The van der Waals surface area contributed by atoms with Gasteiger partial charge in [-0.3, -0.25) is 0 Å². The number of halogens is 1. The van der Waals surface area contributed by atoms with Crippen LogP contribution in [-0.2, 0) is 0 Å². The minimum Gasteiger partial charge on any atom is -0.383 e. The van der Waals surface area contributed by atoms with Gasteiger partial charge in [-0.05, 0) is 57.9 Å². The van der Waals surface area contributed by atoms with Crippen molar-refractivity contribution in [2.45, 2.75) is 20.0 Å². The second kappa shape index (κ2) is 4.70. The van der Waals surface area contributed by atoms with E-state index in [1.807, 2.05) is 23.6 Å². The number of rotatable bonds is 2. The molecule has 2 aromatic rings. The van der Waals surface area contributed by atoms with Crippen LogP contribution in [0.3, 0.4) is 0 Å². The molecule has 0 amide bonds. The predicted molar refractivity (Wildman–Crippen MR) is 72.0 cm³/mol. The van der Waals surface area contributed by atoms with Crippen LogP contribution in [0.1, 0.15) is 27.7 Å². The molecule has 0 aliphatic rings. The molecule has 1 nitrogen and oxygen atoms in total. The second-order valence-electron chi connectivity index (χ2n) is 3.82. The van der Waals surface area contributed by atoms with E-state index in [0.29, 0.717) is 0 Å². The normalized spacial score (nSPS) is 12.8. The first-order valence-electron chi connectivity index (χ1n) is 5.08. The Balaban J connectivity index is 2.46. The number of hydrogen-bond acceptors (Lipinski definition) is 2. The summed E-state index contributed by atoms with van der Waals surface area (Å²) in [5.74, 6) is 0. The van der Waals surface area contributed by atoms with Crippen LogP contribution in [0.2, 0.25) is 0 Å². The maximum absolute atomic E-state index is 10.3. The van der Waals surface area contributed by atoms with Crippen LogP contribution in [0, 0.1) is 13.8 Å². The highest BCUT2D eigenvalue weighted by Gasteiger charge is 2.17. The lowest BCUT2D eigenvalue weighted by Gasteiger charge is -2.14. The van der Waals surface area contributed by atoms with Crippen molar-refractivity contribution in [2.24, 2.45) is 0 Å². The van der Waals surface area contributed by atoms with E-state index in [4.69, 9.17) is 0 Å². The van der Waals surface area contributed by atoms with Gasteiger partial charge >= 0.3 is 0 Å². The van der Waals surface area contributed by atoms with E-state index < -0.39 is 6.10 Å². The largest absolute Gasteiger partial charge is 0.383 e. The van der Waals surface area contributed by atoms with Crippen LogP contribution < -0.4 is 0 Å². The van der Waals surface area contributed by atoms with E-state index in [-0.39, 0.29) is 0 Å². The number of aryl methyl sites for hydroxylation is 1. The second-order valence-corrected chi connectivity index (χ2v) is 5.63. The molecule has 2 rings (SSSR count). The third kappa shape index (κ3) is 2.08. The Morgan fingerprint density at radius 2 is 2.00 bits per heavy atom. The van der Waals surface area contributed by atoms with Gasteiger partial charge < -0.3 is 5.11 Å². The first-order valence-corrected chi connectivity index (χ1v) is 6.75. The van der Waals surface area contributed by atoms with Gasteiger partial charge in [-0.15, -0.1) is 11.3 Å². The van der Waals surface area contributed by atoms with Gasteiger partial charge in [-0.1, -0.05) is 18.2 Å². The summed E-state index contributed by atoms with van der Waals surface area (Å²) < 4.78 is 0.978. The van der Waals surface area contributed by atoms with Crippen molar-refractivity contribution in [3.63, 3.8) is 0 Å². The van der Waals surface area contributed by atoms with Gasteiger partial charge in [0.25, 0.3) is 0 Å². The Kier molecular flexibility index (Phi) is 3.47. The van der Waals surface area contributed by atoms with Crippen molar-refractivity contribution in [2.75, 3.05) is 0 Å². The maximum Gasteiger partial charge on any atom is 0.115 e. The van der Waals surface area contributed by atoms with Gasteiger partial charge in [-0.25, -0.2) is 0 Å². The third-order valence-electron chi connectivity index (χ3n) is 2.83. The van der Waals surface area contributed by atoms with Crippen LogP contribution >= 0.6 is 27.3 Å². The fourth-order valence-electron chi connectivity index (χ4n) is 1.71. The molecule has 84 valence electrons. The van der Waals surface area contributed by atoms with Gasteiger partial charge in [0, 0.05) is 4.47 Å². The van der Waals surface area contributed by atoms with E-state index in [0.717, 1.165) is 20.5 Å². The molecule has 1 aromatic carbocycles. The van der Waals surface area contributed by atoms with Crippen LogP contribution in [0.15, 0.2) is 34.1 Å². The summed E-state index contributed by atoms with van der Waals surface area (Å²) in [6.45, 7) is 4.12. The zero-order chi connectivity index (χ0) is 11.7. The molecule has 1 N–H and O–H groups in total. The molecule has 1 heterocycles. The van der Waals surface area contributed by atoms with E-state index >= 15 is 0 Å². The summed E-state index contributed by atoms with van der Waals surface area (Å²) >= 11 is 5.03. The maximum atomic E-state index is 10.3. The molecule has 0 saturated heterocycles. The molecule has 0 bridgehead atoms. The lowest BCUT2D eigenvalue weighted by molar-refractivity contribution is 0.222. The monoisotopic (exact) mass is 296 g/mol. The van der Waals surface area contributed by atoms with Crippen molar-refractivity contribution in [3.05, 3.63) is 55.7 Å². The lowest BCUT2D eigenvalue weighted by atomic mass is 9.98. The number of thiophene rings is 1. The summed E-state index contributed by atoms with van der Waals surface area (Å²) in [6.07, 6.45) is -0.533. The molecule has 0 aliphatic heterocycles. The summed E-state index contributed by atoms with van der Waals surface area (Å²) in [5, 5.41) is 12.3.